The maximum atomic E-state index is 13.2. The van der Waals surface area contributed by atoms with E-state index in [1.54, 1.807) is 6.07 Å². The van der Waals surface area contributed by atoms with Gasteiger partial charge < -0.3 is 15.2 Å². The van der Waals surface area contributed by atoms with E-state index in [2.05, 4.69) is 0 Å². The molecule has 25 heavy (non-hydrogen) atoms. The molecule has 3 aromatic rings. The van der Waals surface area contributed by atoms with Crippen LogP contribution in [0, 0.1) is 5.82 Å². The van der Waals surface area contributed by atoms with Gasteiger partial charge >= 0.3 is 0 Å². The van der Waals surface area contributed by atoms with E-state index in [9.17, 15) is 4.39 Å². The fourth-order valence-corrected chi connectivity index (χ4v) is 2.46. The van der Waals surface area contributed by atoms with Crippen LogP contribution in [0.2, 0.25) is 0 Å². The lowest BCUT2D eigenvalue weighted by atomic mass is 10.1. The van der Waals surface area contributed by atoms with Gasteiger partial charge in [0.1, 0.15) is 30.5 Å². The Morgan fingerprint density at radius 2 is 1.36 bits per heavy atom. The smallest absolute Gasteiger partial charge is 0.123 e. The molecule has 0 aromatic heterocycles. The molecule has 3 aromatic carbocycles. The summed E-state index contributed by atoms with van der Waals surface area (Å²) in [6, 6.07) is 22.0. The van der Waals surface area contributed by atoms with Crippen LogP contribution in [0.25, 0.3) is 0 Å². The molecule has 3 nitrogen and oxygen atoms in total. The van der Waals surface area contributed by atoms with Crippen molar-refractivity contribution in [2.45, 2.75) is 19.8 Å². The first-order valence-electron chi connectivity index (χ1n) is 8.11. The summed E-state index contributed by atoms with van der Waals surface area (Å²) < 4.78 is 24.7. The normalized spacial score (nSPS) is 10.5. The highest BCUT2D eigenvalue weighted by molar-refractivity contribution is 5.33. The number of rotatable bonds is 7. The summed E-state index contributed by atoms with van der Waals surface area (Å²) in [6.45, 7) is 1.15. The van der Waals surface area contributed by atoms with E-state index in [-0.39, 0.29) is 12.4 Å². The summed E-state index contributed by atoms with van der Waals surface area (Å²) in [6.07, 6.45) is 0. The lowest BCUT2D eigenvalue weighted by molar-refractivity contribution is 0.296. The van der Waals surface area contributed by atoms with E-state index in [0.29, 0.717) is 13.2 Å². The lowest BCUT2D eigenvalue weighted by Crippen LogP contribution is -2.05. The molecular weight excluding hydrogens is 317 g/mol. The average Bonchev–Trinajstić information content (AvgIpc) is 2.67. The van der Waals surface area contributed by atoms with Gasteiger partial charge in [-0.15, -0.1) is 0 Å². The Balaban J connectivity index is 1.56. The molecule has 0 aliphatic rings. The molecule has 4 heteroatoms. The van der Waals surface area contributed by atoms with Crippen molar-refractivity contribution in [1.29, 1.82) is 0 Å². The molecule has 0 amide bonds. The topological polar surface area (TPSA) is 44.5 Å². The maximum absolute atomic E-state index is 13.2. The molecule has 0 radical (unpaired) electrons. The minimum absolute atomic E-state index is 0.280. The first-order valence-corrected chi connectivity index (χ1v) is 8.11. The van der Waals surface area contributed by atoms with Crippen molar-refractivity contribution in [1.82, 2.24) is 0 Å². The second-order valence-electron chi connectivity index (χ2n) is 5.65. The Morgan fingerprint density at radius 1 is 0.720 bits per heavy atom. The molecule has 0 atom stereocenters. The minimum atomic E-state index is -0.288. The standard InChI is InChI=1S/C21H20FNO2/c22-19-7-6-17(18(12-19)13-23)15-25-21-10-8-20(9-11-21)24-14-16-4-2-1-3-5-16/h1-12H,13-15,23H2. The molecule has 2 N–H and O–H groups in total. The summed E-state index contributed by atoms with van der Waals surface area (Å²) in [4.78, 5) is 0. The summed E-state index contributed by atoms with van der Waals surface area (Å²) in [5, 5.41) is 0. The average molecular weight is 337 g/mol. The number of ether oxygens (including phenoxy) is 2. The van der Waals surface area contributed by atoms with Gasteiger partial charge in [0.2, 0.25) is 0 Å². The minimum Gasteiger partial charge on any atom is -0.489 e. The molecule has 3 rings (SSSR count). The number of hydrogen-bond acceptors (Lipinski definition) is 3. The van der Waals surface area contributed by atoms with Gasteiger partial charge in [0, 0.05) is 6.54 Å². The molecular formula is C21H20FNO2. The van der Waals surface area contributed by atoms with Crippen LogP contribution in [-0.2, 0) is 19.8 Å². The first-order chi connectivity index (χ1) is 12.2. The van der Waals surface area contributed by atoms with Gasteiger partial charge in [0.05, 0.1) is 0 Å². The van der Waals surface area contributed by atoms with Gasteiger partial charge in [-0.05, 0) is 53.1 Å². The van der Waals surface area contributed by atoms with Gasteiger partial charge in [0.15, 0.2) is 0 Å². The van der Waals surface area contributed by atoms with Gasteiger partial charge in [-0.3, -0.25) is 0 Å². The molecule has 0 aliphatic carbocycles. The third kappa shape index (κ3) is 4.81. The van der Waals surface area contributed by atoms with E-state index in [0.717, 1.165) is 28.2 Å². The Bertz CT molecular complexity index is 804. The summed E-state index contributed by atoms with van der Waals surface area (Å²) >= 11 is 0. The third-order valence-electron chi connectivity index (χ3n) is 3.85. The van der Waals surface area contributed by atoms with Gasteiger partial charge in [-0.1, -0.05) is 36.4 Å². The van der Waals surface area contributed by atoms with Crippen LogP contribution in [0.4, 0.5) is 4.39 Å². The molecule has 0 fully saturated rings. The second-order valence-corrected chi connectivity index (χ2v) is 5.65. The van der Waals surface area contributed by atoms with Crippen molar-refractivity contribution in [3.05, 3.63) is 95.3 Å². The zero-order valence-corrected chi connectivity index (χ0v) is 13.8. The van der Waals surface area contributed by atoms with E-state index >= 15 is 0 Å². The summed E-state index contributed by atoms with van der Waals surface area (Å²) in [5.41, 5.74) is 8.41. The van der Waals surface area contributed by atoms with Crippen LogP contribution in [-0.4, -0.2) is 0 Å². The van der Waals surface area contributed by atoms with E-state index in [4.69, 9.17) is 15.2 Å². The fraction of sp³-hybridized carbons (Fsp3) is 0.143. The largest absolute Gasteiger partial charge is 0.489 e. The third-order valence-corrected chi connectivity index (χ3v) is 3.85. The summed E-state index contributed by atoms with van der Waals surface area (Å²) in [7, 11) is 0. The van der Waals surface area contributed by atoms with Gasteiger partial charge in [-0.25, -0.2) is 4.39 Å². The molecule has 0 saturated heterocycles. The van der Waals surface area contributed by atoms with Crippen LogP contribution >= 0.6 is 0 Å². The number of halogens is 1. The summed E-state index contributed by atoms with van der Waals surface area (Å²) in [5.74, 6) is 1.21. The van der Waals surface area contributed by atoms with Crippen molar-refractivity contribution < 1.29 is 13.9 Å². The predicted molar refractivity (Wildman–Crippen MR) is 95.8 cm³/mol. The van der Waals surface area contributed by atoms with E-state index in [1.165, 1.54) is 12.1 Å². The molecule has 0 heterocycles. The maximum Gasteiger partial charge on any atom is 0.123 e. The lowest BCUT2D eigenvalue weighted by Gasteiger charge is -2.11. The zero-order chi connectivity index (χ0) is 17.5. The van der Waals surface area contributed by atoms with Crippen LogP contribution in [0.1, 0.15) is 16.7 Å². The van der Waals surface area contributed by atoms with Crippen LogP contribution < -0.4 is 15.2 Å². The number of benzene rings is 3. The molecule has 0 saturated carbocycles. The highest BCUT2D eigenvalue weighted by Gasteiger charge is 2.04. The first kappa shape index (κ1) is 17.0. The Morgan fingerprint density at radius 3 is 2.00 bits per heavy atom. The van der Waals surface area contributed by atoms with Crippen molar-refractivity contribution in [3.63, 3.8) is 0 Å². The molecule has 128 valence electrons. The molecule has 0 bridgehead atoms. The SMILES string of the molecule is NCc1cc(F)ccc1COc1ccc(OCc2ccccc2)cc1. The number of hydrogen-bond donors (Lipinski definition) is 1. The Kier molecular flexibility index (Phi) is 5.65. The highest BCUT2D eigenvalue weighted by Crippen LogP contribution is 2.20. The number of nitrogens with two attached hydrogens (primary N) is 1. The van der Waals surface area contributed by atoms with Gasteiger partial charge in [0.25, 0.3) is 0 Å². The van der Waals surface area contributed by atoms with Gasteiger partial charge in [-0.2, -0.15) is 0 Å². The van der Waals surface area contributed by atoms with Crippen molar-refractivity contribution in [2.24, 2.45) is 5.73 Å². The van der Waals surface area contributed by atoms with Crippen molar-refractivity contribution >= 4 is 0 Å². The monoisotopic (exact) mass is 337 g/mol. The molecule has 0 spiro atoms. The molecule has 0 unspecified atom stereocenters. The van der Waals surface area contributed by atoms with Crippen LogP contribution in [0.15, 0.2) is 72.8 Å². The van der Waals surface area contributed by atoms with E-state index in [1.807, 2.05) is 54.6 Å². The quantitative estimate of drug-likeness (QED) is 0.693. The second kappa shape index (κ2) is 8.31. The van der Waals surface area contributed by atoms with E-state index < -0.39 is 0 Å². The van der Waals surface area contributed by atoms with Crippen molar-refractivity contribution in [3.8, 4) is 11.5 Å². The zero-order valence-electron chi connectivity index (χ0n) is 13.8. The fourth-order valence-electron chi connectivity index (χ4n) is 2.46. The Labute approximate surface area is 146 Å². The predicted octanol–water partition coefficient (Wildman–Crippen LogP) is 4.44. The molecule has 0 aliphatic heterocycles. The van der Waals surface area contributed by atoms with Crippen LogP contribution in [0.3, 0.4) is 0 Å². The highest BCUT2D eigenvalue weighted by atomic mass is 19.1. The Hall–Kier alpha value is -2.85. The van der Waals surface area contributed by atoms with Crippen LogP contribution in [0.5, 0.6) is 11.5 Å². The van der Waals surface area contributed by atoms with Crippen molar-refractivity contribution in [2.75, 3.05) is 0 Å².